The second-order valence-electron chi connectivity index (χ2n) is 7.91. The van der Waals surface area contributed by atoms with E-state index in [4.69, 9.17) is 18.9 Å². The molecule has 0 spiro atoms. The fraction of sp³-hybridized carbons (Fsp3) is 0.727. The minimum atomic E-state index is -0.220. The molecule has 1 aromatic rings. The molecule has 2 heterocycles. The second kappa shape index (κ2) is 16.2. The van der Waals surface area contributed by atoms with E-state index >= 15 is 0 Å². The lowest BCUT2D eigenvalue weighted by molar-refractivity contribution is 0.0963. The van der Waals surface area contributed by atoms with E-state index in [1.54, 1.807) is 11.2 Å². The molecule has 1 aliphatic rings. The van der Waals surface area contributed by atoms with E-state index in [0.29, 0.717) is 32.2 Å². The molecule has 1 aromatic heterocycles. The van der Waals surface area contributed by atoms with E-state index in [2.05, 4.69) is 24.5 Å². The molecule has 0 radical (unpaired) electrons. The van der Waals surface area contributed by atoms with E-state index in [1.165, 1.54) is 0 Å². The van der Waals surface area contributed by atoms with Crippen LogP contribution in [0.5, 0.6) is 0 Å². The first-order valence-corrected chi connectivity index (χ1v) is 11.1. The number of hydrogen-bond donors (Lipinski definition) is 2. The molecule has 1 aliphatic heterocycles. The van der Waals surface area contributed by atoms with Gasteiger partial charge >= 0.3 is 6.09 Å². The Morgan fingerprint density at radius 2 is 2.13 bits per heavy atom. The molecule has 0 atom stereocenters. The van der Waals surface area contributed by atoms with Gasteiger partial charge in [0.2, 0.25) is 0 Å². The van der Waals surface area contributed by atoms with Gasteiger partial charge in [-0.25, -0.2) is 4.79 Å². The van der Waals surface area contributed by atoms with Crippen LogP contribution < -0.4 is 10.6 Å². The third-order valence-corrected chi connectivity index (χ3v) is 4.77. The summed E-state index contributed by atoms with van der Waals surface area (Å²) in [6.45, 7) is 10.9. The van der Waals surface area contributed by atoms with Gasteiger partial charge in [-0.2, -0.15) is 0 Å². The molecule has 2 N–H and O–H groups in total. The fourth-order valence-electron chi connectivity index (χ4n) is 3.20. The largest absolute Gasteiger partial charge is 0.469 e. The van der Waals surface area contributed by atoms with Crippen molar-refractivity contribution in [2.75, 3.05) is 46.0 Å². The Kier molecular flexibility index (Phi) is 14.4. The van der Waals surface area contributed by atoms with E-state index in [0.717, 1.165) is 57.2 Å². The lowest BCUT2D eigenvalue weighted by Gasteiger charge is -2.32. The summed E-state index contributed by atoms with van der Waals surface area (Å²) < 4.78 is 16.1. The third-order valence-electron chi connectivity index (χ3n) is 4.77. The van der Waals surface area contributed by atoms with Gasteiger partial charge in [0, 0.05) is 51.9 Å². The first-order valence-electron chi connectivity index (χ1n) is 11.1. The average molecular weight is 550 g/mol. The van der Waals surface area contributed by atoms with Crippen LogP contribution in [0.3, 0.4) is 0 Å². The van der Waals surface area contributed by atoms with Crippen LogP contribution in [-0.4, -0.2) is 69.0 Å². The zero-order chi connectivity index (χ0) is 21.6. The molecule has 1 fully saturated rings. The lowest BCUT2D eigenvalue weighted by atomic mass is 10.1. The third kappa shape index (κ3) is 11.6. The summed E-state index contributed by atoms with van der Waals surface area (Å²) in [4.78, 5) is 18.4. The zero-order valence-corrected chi connectivity index (χ0v) is 21.4. The van der Waals surface area contributed by atoms with Crippen molar-refractivity contribution in [3.8, 4) is 0 Å². The highest BCUT2D eigenvalue weighted by Gasteiger charge is 2.24. The predicted molar refractivity (Wildman–Crippen MR) is 133 cm³/mol. The first-order chi connectivity index (χ1) is 14.6. The van der Waals surface area contributed by atoms with E-state index in [9.17, 15) is 4.79 Å². The Morgan fingerprint density at radius 3 is 2.77 bits per heavy atom. The van der Waals surface area contributed by atoms with Crippen LogP contribution in [0.25, 0.3) is 0 Å². The summed E-state index contributed by atoms with van der Waals surface area (Å²) in [6, 6.07) is 4.16. The van der Waals surface area contributed by atoms with Crippen molar-refractivity contribution in [1.82, 2.24) is 15.5 Å². The Morgan fingerprint density at radius 1 is 1.35 bits per heavy atom. The quantitative estimate of drug-likeness (QED) is 0.189. The standard InChI is InChI=1S/C22H38N4O4.HI/c1-4-29-22(27)26-13-9-19(10-14-26)25-21(23-11-6-15-28-17-18(2)3)24-12-8-20-7-5-16-30-20;/h5,7,16,18-19H,4,6,8-15,17H2,1-3H3,(H2,23,24,25);1H. The van der Waals surface area contributed by atoms with Gasteiger partial charge in [-0.1, -0.05) is 13.8 Å². The van der Waals surface area contributed by atoms with Gasteiger partial charge in [0.25, 0.3) is 0 Å². The van der Waals surface area contributed by atoms with Crippen molar-refractivity contribution >= 4 is 36.0 Å². The van der Waals surface area contributed by atoms with Crippen LogP contribution in [0.4, 0.5) is 4.79 Å². The summed E-state index contributed by atoms with van der Waals surface area (Å²) in [6.07, 6.45) is 4.90. The Labute approximate surface area is 203 Å². The lowest BCUT2D eigenvalue weighted by Crippen LogP contribution is -2.50. The van der Waals surface area contributed by atoms with Crippen molar-refractivity contribution in [3.05, 3.63) is 24.2 Å². The minimum absolute atomic E-state index is 0. The predicted octanol–water partition coefficient (Wildman–Crippen LogP) is 3.66. The molecule has 1 saturated heterocycles. The highest BCUT2D eigenvalue weighted by molar-refractivity contribution is 14.0. The maximum absolute atomic E-state index is 11.9. The average Bonchev–Trinajstić information content (AvgIpc) is 3.24. The number of ether oxygens (including phenoxy) is 2. The van der Waals surface area contributed by atoms with Gasteiger partial charge < -0.3 is 29.4 Å². The van der Waals surface area contributed by atoms with Gasteiger partial charge in [-0.05, 0) is 44.2 Å². The van der Waals surface area contributed by atoms with Gasteiger partial charge in [-0.15, -0.1) is 24.0 Å². The molecule has 0 bridgehead atoms. The van der Waals surface area contributed by atoms with Crippen molar-refractivity contribution < 1.29 is 18.7 Å². The number of amides is 1. The van der Waals surface area contributed by atoms with Gasteiger partial charge in [0.15, 0.2) is 5.96 Å². The summed E-state index contributed by atoms with van der Waals surface area (Å²) in [5, 5.41) is 6.93. The molecule has 31 heavy (non-hydrogen) atoms. The molecule has 0 saturated carbocycles. The molecule has 0 aromatic carbocycles. The molecule has 178 valence electrons. The highest BCUT2D eigenvalue weighted by atomic mass is 127. The normalized spacial score (nSPS) is 15.0. The van der Waals surface area contributed by atoms with Crippen molar-refractivity contribution in [2.45, 2.75) is 52.5 Å². The Hall–Kier alpha value is -1.49. The Bertz CT molecular complexity index is 617. The SMILES string of the molecule is CCOC(=O)N1CCC(NC(=NCCCOCC(C)C)NCCc2ccco2)CC1.I. The summed E-state index contributed by atoms with van der Waals surface area (Å²) in [7, 11) is 0. The van der Waals surface area contributed by atoms with Crippen LogP contribution in [0.2, 0.25) is 0 Å². The highest BCUT2D eigenvalue weighted by Crippen LogP contribution is 2.11. The summed E-state index contributed by atoms with van der Waals surface area (Å²) in [5.74, 6) is 2.31. The number of nitrogens with zero attached hydrogens (tertiary/aromatic N) is 2. The van der Waals surface area contributed by atoms with Crippen LogP contribution in [0.1, 0.15) is 45.8 Å². The monoisotopic (exact) mass is 550 g/mol. The fourth-order valence-corrected chi connectivity index (χ4v) is 3.20. The number of aliphatic imine (C=N–C) groups is 1. The molecule has 0 aliphatic carbocycles. The molecule has 1 amide bonds. The van der Waals surface area contributed by atoms with Crippen molar-refractivity contribution in [2.24, 2.45) is 10.9 Å². The first kappa shape index (κ1) is 27.5. The second-order valence-corrected chi connectivity index (χ2v) is 7.91. The van der Waals surface area contributed by atoms with E-state index in [1.807, 2.05) is 19.1 Å². The number of rotatable bonds is 11. The topological polar surface area (TPSA) is 88.3 Å². The number of guanidine groups is 1. The number of carbonyl (C=O) groups excluding carboxylic acids is 1. The number of carbonyl (C=O) groups is 1. The smallest absolute Gasteiger partial charge is 0.409 e. The summed E-state index contributed by atoms with van der Waals surface area (Å²) in [5.41, 5.74) is 0. The van der Waals surface area contributed by atoms with Gasteiger partial charge in [-0.3, -0.25) is 4.99 Å². The van der Waals surface area contributed by atoms with Crippen LogP contribution in [0.15, 0.2) is 27.8 Å². The maximum Gasteiger partial charge on any atom is 0.409 e. The van der Waals surface area contributed by atoms with Gasteiger partial charge in [0.1, 0.15) is 5.76 Å². The maximum atomic E-state index is 11.9. The van der Waals surface area contributed by atoms with Gasteiger partial charge in [0.05, 0.1) is 12.9 Å². The van der Waals surface area contributed by atoms with Crippen LogP contribution in [-0.2, 0) is 15.9 Å². The van der Waals surface area contributed by atoms with E-state index < -0.39 is 0 Å². The van der Waals surface area contributed by atoms with Crippen LogP contribution in [0, 0.1) is 5.92 Å². The number of nitrogens with one attached hydrogen (secondary N) is 2. The Balaban J connectivity index is 0.00000480. The molecule has 9 heteroatoms. The van der Waals surface area contributed by atoms with Crippen molar-refractivity contribution in [1.29, 1.82) is 0 Å². The molecular weight excluding hydrogens is 511 g/mol. The number of likely N-dealkylation sites (tertiary alicyclic amines) is 1. The molecule has 2 rings (SSSR count). The number of piperidine rings is 1. The molecule has 8 nitrogen and oxygen atoms in total. The van der Waals surface area contributed by atoms with Crippen molar-refractivity contribution in [3.63, 3.8) is 0 Å². The number of halogens is 1. The van der Waals surface area contributed by atoms with Crippen LogP contribution >= 0.6 is 24.0 Å². The summed E-state index contributed by atoms with van der Waals surface area (Å²) >= 11 is 0. The molecule has 0 unspecified atom stereocenters. The zero-order valence-electron chi connectivity index (χ0n) is 19.1. The van der Waals surface area contributed by atoms with E-state index in [-0.39, 0.29) is 36.1 Å². The minimum Gasteiger partial charge on any atom is -0.469 e. The number of hydrogen-bond acceptors (Lipinski definition) is 5. The number of furan rings is 1. The molecular formula is C22H39IN4O4.